The minimum atomic E-state index is -0.323. The standard InChI is InChI=1S/C22H14ClFN2O/c23-16-6-4-8-18(14-16)26-21(12-11-15-5-3-7-17(24)13-15)25-20-10-2-1-9-19(20)22(26)27/h1-14H/b12-11+. The Kier molecular flexibility index (Phi) is 4.57. The zero-order valence-corrected chi connectivity index (χ0v) is 14.9. The smallest absolute Gasteiger partial charge is 0.266 e. The Bertz CT molecular complexity index is 1230. The number of halogens is 2. The number of hydrogen-bond donors (Lipinski definition) is 0. The van der Waals surface area contributed by atoms with Crippen molar-refractivity contribution in [2.24, 2.45) is 0 Å². The van der Waals surface area contributed by atoms with Crippen molar-refractivity contribution in [3.63, 3.8) is 0 Å². The normalized spacial score (nSPS) is 11.3. The summed E-state index contributed by atoms with van der Waals surface area (Å²) < 4.78 is 14.9. The van der Waals surface area contributed by atoms with Gasteiger partial charge in [0.15, 0.2) is 0 Å². The monoisotopic (exact) mass is 376 g/mol. The lowest BCUT2D eigenvalue weighted by molar-refractivity contribution is 0.627. The minimum absolute atomic E-state index is 0.193. The number of aromatic nitrogens is 2. The van der Waals surface area contributed by atoms with Crippen molar-refractivity contribution < 1.29 is 4.39 Å². The Hall–Kier alpha value is -3.24. The number of rotatable bonds is 3. The van der Waals surface area contributed by atoms with Gasteiger partial charge in [-0.25, -0.2) is 9.37 Å². The van der Waals surface area contributed by atoms with Gasteiger partial charge in [0.1, 0.15) is 11.6 Å². The van der Waals surface area contributed by atoms with E-state index in [1.54, 1.807) is 66.7 Å². The molecule has 3 aromatic carbocycles. The van der Waals surface area contributed by atoms with Crippen LogP contribution >= 0.6 is 11.6 Å². The topological polar surface area (TPSA) is 34.9 Å². The molecule has 0 saturated carbocycles. The molecule has 1 aromatic heterocycles. The Balaban J connectivity index is 1.95. The highest BCUT2D eigenvalue weighted by Gasteiger charge is 2.11. The van der Waals surface area contributed by atoms with Crippen LogP contribution in [0.15, 0.2) is 77.6 Å². The van der Waals surface area contributed by atoms with Crippen LogP contribution in [0.1, 0.15) is 11.4 Å². The summed E-state index contributed by atoms with van der Waals surface area (Å²) in [5.41, 5.74) is 1.70. The van der Waals surface area contributed by atoms with E-state index >= 15 is 0 Å². The quantitative estimate of drug-likeness (QED) is 0.483. The number of para-hydroxylation sites is 1. The Morgan fingerprint density at radius 2 is 1.74 bits per heavy atom. The van der Waals surface area contributed by atoms with E-state index in [1.165, 1.54) is 16.7 Å². The fourth-order valence-electron chi connectivity index (χ4n) is 2.91. The largest absolute Gasteiger partial charge is 0.268 e. The molecule has 0 radical (unpaired) electrons. The highest BCUT2D eigenvalue weighted by Crippen LogP contribution is 2.18. The van der Waals surface area contributed by atoms with Crippen molar-refractivity contribution in [3.05, 3.63) is 105 Å². The molecule has 0 aliphatic heterocycles. The molecule has 1 heterocycles. The van der Waals surface area contributed by atoms with Crippen molar-refractivity contribution in [3.8, 4) is 5.69 Å². The molecule has 0 atom stereocenters. The van der Waals surface area contributed by atoms with Crippen LogP contribution in [-0.2, 0) is 0 Å². The molecule has 0 spiro atoms. The second kappa shape index (κ2) is 7.17. The van der Waals surface area contributed by atoms with Crippen molar-refractivity contribution in [2.45, 2.75) is 0 Å². The van der Waals surface area contributed by atoms with Crippen LogP contribution in [0.2, 0.25) is 5.02 Å². The average molecular weight is 377 g/mol. The van der Waals surface area contributed by atoms with Crippen LogP contribution in [0.3, 0.4) is 0 Å². The minimum Gasteiger partial charge on any atom is -0.268 e. The Morgan fingerprint density at radius 1 is 0.926 bits per heavy atom. The highest BCUT2D eigenvalue weighted by molar-refractivity contribution is 6.30. The molecule has 132 valence electrons. The molecule has 4 aromatic rings. The number of nitrogens with zero attached hydrogens (tertiary/aromatic N) is 2. The maximum Gasteiger partial charge on any atom is 0.266 e. The number of hydrogen-bond acceptors (Lipinski definition) is 2. The number of benzene rings is 3. The average Bonchev–Trinajstić information content (AvgIpc) is 2.66. The van der Waals surface area contributed by atoms with Gasteiger partial charge in [0, 0.05) is 5.02 Å². The van der Waals surface area contributed by atoms with Crippen molar-refractivity contribution in [1.29, 1.82) is 0 Å². The first-order valence-corrected chi connectivity index (χ1v) is 8.71. The third-order valence-electron chi connectivity index (χ3n) is 4.14. The highest BCUT2D eigenvalue weighted by atomic mass is 35.5. The van der Waals surface area contributed by atoms with E-state index in [1.807, 2.05) is 6.07 Å². The van der Waals surface area contributed by atoms with Gasteiger partial charge in [0.05, 0.1) is 16.6 Å². The molecular formula is C22H14ClFN2O. The SMILES string of the molecule is O=c1c2ccccc2nc(/C=C/c2cccc(F)c2)n1-c1cccc(Cl)c1. The Morgan fingerprint density at radius 3 is 2.56 bits per heavy atom. The van der Waals surface area contributed by atoms with E-state index in [2.05, 4.69) is 4.98 Å². The van der Waals surface area contributed by atoms with Crippen molar-refractivity contribution >= 4 is 34.7 Å². The molecule has 4 rings (SSSR count). The third kappa shape index (κ3) is 3.52. The fraction of sp³-hybridized carbons (Fsp3) is 0. The first-order chi connectivity index (χ1) is 13.1. The molecule has 0 saturated heterocycles. The second-order valence-electron chi connectivity index (χ2n) is 6.00. The van der Waals surface area contributed by atoms with Gasteiger partial charge in [-0.3, -0.25) is 9.36 Å². The van der Waals surface area contributed by atoms with Crippen molar-refractivity contribution in [2.75, 3.05) is 0 Å². The summed E-state index contributed by atoms with van der Waals surface area (Å²) in [6.45, 7) is 0. The summed E-state index contributed by atoms with van der Waals surface area (Å²) in [4.78, 5) is 17.7. The van der Waals surface area contributed by atoms with Crippen LogP contribution in [0, 0.1) is 5.82 Å². The molecule has 5 heteroatoms. The molecule has 0 amide bonds. The predicted octanol–water partition coefficient (Wildman–Crippen LogP) is 5.35. The van der Waals surface area contributed by atoms with Gasteiger partial charge in [-0.05, 0) is 54.1 Å². The van der Waals surface area contributed by atoms with Crippen LogP contribution in [0.25, 0.3) is 28.7 Å². The van der Waals surface area contributed by atoms with Crippen LogP contribution < -0.4 is 5.56 Å². The summed E-state index contributed by atoms with van der Waals surface area (Å²) in [7, 11) is 0. The molecule has 3 nitrogen and oxygen atoms in total. The van der Waals surface area contributed by atoms with E-state index < -0.39 is 0 Å². The van der Waals surface area contributed by atoms with E-state index in [9.17, 15) is 9.18 Å². The van der Waals surface area contributed by atoms with Gasteiger partial charge in [0.2, 0.25) is 0 Å². The predicted molar refractivity (Wildman–Crippen MR) is 108 cm³/mol. The van der Waals surface area contributed by atoms with Gasteiger partial charge >= 0.3 is 0 Å². The fourth-order valence-corrected chi connectivity index (χ4v) is 3.09. The van der Waals surface area contributed by atoms with E-state index in [4.69, 9.17) is 11.6 Å². The zero-order valence-electron chi connectivity index (χ0n) is 14.1. The molecule has 27 heavy (non-hydrogen) atoms. The molecular weight excluding hydrogens is 363 g/mol. The van der Waals surface area contributed by atoms with E-state index in [-0.39, 0.29) is 11.4 Å². The van der Waals surface area contributed by atoms with Crippen LogP contribution in [-0.4, -0.2) is 9.55 Å². The first kappa shape index (κ1) is 17.2. The molecule has 0 aliphatic carbocycles. The number of fused-ring (bicyclic) bond motifs is 1. The molecule has 0 aliphatic rings. The summed E-state index contributed by atoms with van der Waals surface area (Å²) in [5, 5.41) is 1.04. The lowest BCUT2D eigenvalue weighted by atomic mass is 10.2. The summed E-state index contributed by atoms with van der Waals surface area (Å²) in [5.74, 6) is 0.112. The third-order valence-corrected chi connectivity index (χ3v) is 4.38. The second-order valence-corrected chi connectivity index (χ2v) is 6.43. The molecule has 0 N–H and O–H groups in total. The van der Waals surface area contributed by atoms with Gasteiger partial charge in [-0.2, -0.15) is 0 Å². The van der Waals surface area contributed by atoms with Crippen LogP contribution in [0.5, 0.6) is 0 Å². The van der Waals surface area contributed by atoms with Crippen LogP contribution in [0.4, 0.5) is 4.39 Å². The van der Waals surface area contributed by atoms with Crippen molar-refractivity contribution in [1.82, 2.24) is 9.55 Å². The van der Waals surface area contributed by atoms with Gasteiger partial charge in [-0.15, -0.1) is 0 Å². The summed E-state index contributed by atoms with van der Waals surface area (Å²) >= 11 is 6.11. The van der Waals surface area contributed by atoms with Gasteiger partial charge in [0.25, 0.3) is 5.56 Å². The summed E-state index contributed by atoms with van der Waals surface area (Å²) in [6.07, 6.45) is 3.42. The van der Waals surface area contributed by atoms with E-state index in [0.717, 1.165) is 0 Å². The maximum absolute atomic E-state index is 13.4. The Labute approximate surface area is 160 Å². The summed E-state index contributed by atoms with van der Waals surface area (Å²) in [6, 6.07) is 20.4. The zero-order chi connectivity index (χ0) is 18.8. The lowest BCUT2D eigenvalue weighted by Crippen LogP contribution is -2.22. The lowest BCUT2D eigenvalue weighted by Gasteiger charge is -2.11. The maximum atomic E-state index is 13.4. The molecule has 0 bridgehead atoms. The van der Waals surface area contributed by atoms with Gasteiger partial charge in [-0.1, -0.05) is 48.0 Å². The first-order valence-electron chi connectivity index (χ1n) is 8.33. The van der Waals surface area contributed by atoms with E-state index in [0.29, 0.717) is 33.0 Å². The molecule has 0 fully saturated rings. The molecule has 0 unspecified atom stereocenters. The van der Waals surface area contributed by atoms with Gasteiger partial charge < -0.3 is 0 Å².